The summed E-state index contributed by atoms with van der Waals surface area (Å²) < 4.78 is 5.09. The van der Waals surface area contributed by atoms with E-state index in [1.807, 2.05) is 50.2 Å². The summed E-state index contributed by atoms with van der Waals surface area (Å²) in [5.41, 5.74) is 2.39. The molecule has 0 spiro atoms. The lowest BCUT2D eigenvalue weighted by atomic mass is 9.97. The molecule has 3 aromatic rings. The summed E-state index contributed by atoms with van der Waals surface area (Å²) in [5, 5.41) is 1.82. The zero-order valence-corrected chi connectivity index (χ0v) is 19.5. The molecule has 1 heterocycles. The van der Waals surface area contributed by atoms with Crippen molar-refractivity contribution in [2.24, 2.45) is 0 Å². The van der Waals surface area contributed by atoms with Gasteiger partial charge in [-0.05, 0) is 63.9 Å². The van der Waals surface area contributed by atoms with Crippen LogP contribution in [0.25, 0.3) is 10.8 Å². The van der Waals surface area contributed by atoms with Gasteiger partial charge in [-0.25, -0.2) is 4.79 Å². The average molecular weight is 435 g/mol. The Labute approximate surface area is 188 Å². The molecule has 32 heavy (non-hydrogen) atoms. The van der Waals surface area contributed by atoms with Crippen LogP contribution in [0, 0.1) is 13.8 Å². The Hall–Kier alpha value is -3.41. The summed E-state index contributed by atoms with van der Waals surface area (Å²) in [6, 6.07) is 12.4. The molecule has 0 saturated carbocycles. The van der Waals surface area contributed by atoms with Crippen LogP contribution in [-0.2, 0) is 4.74 Å². The van der Waals surface area contributed by atoms with Crippen LogP contribution in [0.5, 0.6) is 0 Å². The van der Waals surface area contributed by atoms with Crippen molar-refractivity contribution in [1.29, 1.82) is 0 Å². The molecule has 2 aromatic carbocycles. The van der Waals surface area contributed by atoms with E-state index >= 15 is 0 Å². The summed E-state index contributed by atoms with van der Waals surface area (Å²) in [6.07, 6.45) is 0. The topological polar surface area (TPSA) is 79.5 Å². The highest BCUT2D eigenvalue weighted by molar-refractivity contribution is 6.11. The Morgan fingerprint density at radius 2 is 1.66 bits per heavy atom. The molecule has 0 fully saturated rings. The third-order valence-electron chi connectivity index (χ3n) is 5.77. The predicted octanol–water partition coefficient (Wildman–Crippen LogP) is 5.08. The van der Waals surface area contributed by atoms with E-state index < -0.39 is 12.0 Å². The number of aromatic nitrogens is 1. The molecule has 6 heteroatoms. The number of aryl methyl sites for hydroxylation is 1. The van der Waals surface area contributed by atoms with Crippen molar-refractivity contribution < 1.29 is 19.1 Å². The van der Waals surface area contributed by atoms with Gasteiger partial charge in [0.25, 0.3) is 5.91 Å². The maximum absolute atomic E-state index is 13.6. The zero-order valence-electron chi connectivity index (χ0n) is 19.5. The first-order chi connectivity index (χ1) is 15.2. The monoisotopic (exact) mass is 434 g/mol. The summed E-state index contributed by atoms with van der Waals surface area (Å²) in [7, 11) is 0. The third kappa shape index (κ3) is 4.17. The number of nitrogens with one attached hydrogen (secondary N) is 1. The molecule has 1 amide bonds. The number of carbonyl (C=O) groups is 3. The number of nitrogens with zero attached hydrogens (tertiary/aromatic N) is 1. The number of carbonyl (C=O) groups excluding carboxylic acids is 3. The molecule has 3 rings (SSSR count). The molecule has 0 bridgehead atoms. The van der Waals surface area contributed by atoms with E-state index in [0.29, 0.717) is 22.4 Å². The molecule has 6 nitrogen and oxygen atoms in total. The van der Waals surface area contributed by atoms with Gasteiger partial charge in [-0.15, -0.1) is 0 Å². The number of hydrogen-bond acceptors (Lipinski definition) is 4. The maximum Gasteiger partial charge on any atom is 0.355 e. The normalized spacial score (nSPS) is 12.1. The second-order valence-electron chi connectivity index (χ2n) is 8.22. The van der Waals surface area contributed by atoms with E-state index in [1.165, 1.54) is 0 Å². The van der Waals surface area contributed by atoms with E-state index in [0.717, 1.165) is 10.8 Å². The molecule has 0 aliphatic carbocycles. The van der Waals surface area contributed by atoms with Gasteiger partial charge < -0.3 is 14.6 Å². The lowest BCUT2D eigenvalue weighted by Crippen LogP contribution is -2.47. The number of benzene rings is 2. The first-order valence-corrected chi connectivity index (χ1v) is 10.9. The molecule has 1 aromatic heterocycles. The smallest absolute Gasteiger partial charge is 0.355 e. The van der Waals surface area contributed by atoms with E-state index in [1.54, 1.807) is 38.7 Å². The Morgan fingerprint density at radius 3 is 2.31 bits per heavy atom. The maximum atomic E-state index is 13.6. The van der Waals surface area contributed by atoms with Crippen LogP contribution in [0.4, 0.5) is 0 Å². The quantitative estimate of drug-likeness (QED) is 0.415. The first-order valence-electron chi connectivity index (χ1n) is 10.9. The molecule has 1 atom stereocenters. The fraction of sp³-hybridized carbons (Fsp3) is 0.346. The third-order valence-corrected chi connectivity index (χ3v) is 5.77. The van der Waals surface area contributed by atoms with Crippen LogP contribution < -0.4 is 0 Å². The van der Waals surface area contributed by atoms with E-state index in [9.17, 15) is 14.4 Å². The van der Waals surface area contributed by atoms with Crippen LogP contribution in [-0.4, -0.2) is 46.2 Å². The molecule has 0 aliphatic heterocycles. The molecule has 168 valence electrons. The molecule has 1 unspecified atom stereocenters. The van der Waals surface area contributed by atoms with Gasteiger partial charge in [0.1, 0.15) is 5.69 Å². The van der Waals surface area contributed by atoms with Gasteiger partial charge in [-0.3, -0.25) is 9.59 Å². The SMILES string of the molecule is CCOC(=O)c1[nH]c(C)c(C(=O)C(C)N(C(=O)c2cccc3ccccc23)C(C)C)c1C. The number of esters is 1. The number of rotatable bonds is 7. The van der Waals surface area contributed by atoms with Gasteiger partial charge in [-0.1, -0.05) is 36.4 Å². The van der Waals surface area contributed by atoms with E-state index in [2.05, 4.69) is 4.98 Å². The standard InChI is InChI=1S/C26H30N2O4/c1-7-32-26(31)23-16(4)22(17(5)27-23)24(29)18(6)28(15(2)3)25(30)21-14-10-12-19-11-8-9-13-20(19)21/h8-15,18,27H,7H2,1-6H3. The van der Waals surface area contributed by atoms with Crippen molar-refractivity contribution in [3.8, 4) is 0 Å². The number of ketones is 1. The van der Waals surface area contributed by atoms with Gasteiger partial charge in [0, 0.05) is 22.9 Å². The minimum atomic E-state index is -0.718. The minimum Gasteiger partial charge on any atom is -0.461 e. The largest absolute Gasteiger partial charge is 0.461 e. The highest BCUT2D eigenvalue weighted by atomic mass is 16.5. The Balaban J connectivity index is 2.00. The Morgan fingerprint density at radius 1 is 1.00 bits per heavy atom. The summed E-state index contributed by atoms with van der Waals surface area (Å²) in [4.78, 5) is 44.1. The highest BCUT2D eigenvalue weighted by Crippen LogP contribution is 2.26. The Kier molecular flexibility index (Phi) is 6.82. The van der Waals surface area contributed by atoms with Gasteiger partial charge >= 0.3 is 5.97 Å². The number of ether oxygens (including phenoxy) is 1. The fourth-order valence-corrected chi connectivity index (χ4v) is 4.27. The summed E-state index contributed by atoms with van der Waals surface area (Å²) in [6.45, 7) is 11.0. The average Bonchev–Trinajstić information content (AvgIpc) is 3.06. The fourth-order valence-electron chi connectivity index (χ4n) is 4.27. The predicted molar refractivity (Wildman–Crippen MR) is 125 cm³/mol. The lowest BCUT2D eigenvalue weighted by molar-refractivity contribution is 0.0518. The van der Waals surface area contributed by atoms with Crippen molar-refractivity contribution >= 4 is 28.4 Å². The number of amides is 1. The van der Waals surface area contributed by atoms with Gasteiger partial charge in [0.05, 0.1) is 12.6 Å². The minimum absolute atomic E-state index is 0.200. The first kappa shape index (κ1) is 23.3. The van der Waals surface area contributed by atoms with Crippen molar-refractivity contribution in [1.82, 2.24) is 9.88 Å². The molecule has 1 N–H and O–H groups in total. The summed E-state index contributed by atoms with van der Waals surface area (Å²) >= 11 is 0. The van der Waals surface area contributed by atoms with Crippen LogP contribution in [0.3, 0.4) is 0 Å². The van der Waals surface area contributed by atoms with Gasteiger partial charge in [0.2, 0.25) is 0 Å². The molecule has 0 saturated heterocycles. The number of Topliss-reactive ketones (excluding diaryl/α,β-unsaturated/α-hetero) is 1. The molecular formula is C26H30N2O4. The number of fused-ring (bicyclic) bond motifs is 1. The van der Waals surface area contributed by atoms with Gasteiger partial charge in [-0.2, -0.15) is 0 Å². The number of hydrogen-bond donors (Lipinski definition) is 1. The van der Waals surface area contributed by atoms with Crippen LogP contribution >= 0.6 is 0 Å². The lowest BCUT2D eigenvalue weighted by Gasteiger charge is -2.32. The zero-order chi connectivity index (χ0) is 23.6. The molecule has 0 radical (unpaired) electrons. The van der Waals surface area contributed by atoms with E-state index in [-0.39, 0.29) is 30.0 Å². The summed E-state index contributed by atoms with van der Waals surface area (Å²) in [5.74, 6) is -0.907. The molecular weight excluding hydrogens is 404 g/mol. The molecule has 0 aliphatic rings. The van der Waals surface area contributed by atoms with Crippen molar-refractivity contribution in [3.63, 3.8) is 0 Å². The van der Waals surface area contributed by atoms with Crippen molar-refractivity contribution in [2.45, 2.75) is 53.6 Å². The Bertz CT molecular complexity index is 1170. The second-order valence-corrected chi connectivity index (χ2v) is 8.22. The number of aromatic amines is 1. The second kappa shape index (κ2) is 9.39. The van der Waals surface area contributed by atoms with E-state index in [4.69, 9.17) is 4.74 Å². The van der Waals surface area contributed by atoms with Crippen molar-refractivity contribution in [2.75, 3.05) is 6.61 Å². The van der Waals surface area contributed by atoms with Crippen LogP contribution in [0.2, 0.25) is 0 Å². The van der Waals surface area contributed by atoms with Crippen LogP contribution in [0.1, 0.15) is 70.2 Å². The number of H-pyrrole nitrogens is 1. The van der Waals surface area contributed by atoms with Gasteiger partial charge in [0.15, 0.2) is 5.78 Å². The highest BCUT2D eigenvalue weighted by Gasteiger charge is 2.33. The van der Waals surface area contributed by atoms with Crippen molar-refractivity contribution in [3.05, 3.63) is 70.5 Å². The van der Waals surface area contributed by atoms with Crippen LogP contribution in [0.15, 0.2) is 42.5 Å².